The lowest BCUT2D eigenvalue weighted by atomic mass is 9.97. The Labute approximate surface area is 126 Å². The van der Waals surface area contributed by atoms with Gasteiger partial charge in [-0.15, -0.1) is 0 Å². The van der Waals surface area contributed by atoms with Crippen LogP contribution in [0, 0.1) is 11.8 Å². The first-order valence-electron chi connectivity index (χ1n) is 7.79. The SMILES string of the molecule is CC(C)COCC(NC(=O)C1CCNCC1)c1ccco1. The van der Waals surface area contributed by atoms with E-state index in [0.717, 1.165) is 31.7 Å². The molecule has 0 aliphatic carbocycles. The monoisotopic (exact) mass is 294 g/mol. The van der Waals surface area contributed by atoms with E-state index in [0.29, 0.717) is 19.1 Å². The molecule has 0 spiro atoms. The van der Waals surface area contributed by atoms with Crippen molar-refractivity contribution in [2.24, 2.45) is 11.8 Å². The van der Waals surface area contributed by atoms with Crippen LogP contribution >= 0.6 is 0 Å². The molecule has 1 unspecified atom stereocenters. The van der Waals surface area contributed by atoms with Gasteiger partial charge in [0, 0.05) is 12.5 Å². The van der Waals surface area contributed by atoms with Gasteiger partial charge in [-0.2, -0.15) is 0 Å². The smallest absolute Gasteiger partial charge is 0.223 e. The van der Waals surface area contributed by atoms with E-state index in [1.807, 2.05) is 12.1 Å². The third-order valence-electron chi connectivity index (χ3n) is 3.65. The summed E-state index contributed by atoms with van der Waals surface area (Å²) in [6.07, 6.45) is 3.41. The second kappa shape index (κ2) is 8.20. The molecule has 1 aliphatic heterocycles. The lowest BCUT2D eigenvalue weighted by Crippen LogP contribution is -2.40. The molecule has 21 heavy (non-hydrogen) atoms. The molecule has 5 nitrogen and oxygen atoms in total. The highest BCUT2D eigenvalue weighted by atomic mass is 16.5. The van der Waals surface area contributed by atoms with Crippen molar-refractivity contribution in [1.82, 2.24) is 10.6 Å². The number of hydrogen-bond acceptors (Lipinski definition) is 4. The van der Waals surface area contributed by atoms with Crippen molar-refractivity contribution in [3.63, 3.8) is 0 Å². The molecule has 2 N–H and O–H groups in total. The number of carbonyl (C=O) groups is 1. The van der Waals surface area contributed by atoms with Gasteiger partial charge in [0.2, 0.25) is 5.91 Å². The Morgan fingerprint density at radius 1 is 1.43 bits per heavy atom. The van der Waals surface area contributed by atoms with Gasteiger partial charge in [-0.05, 0) is 44.0 Å². The van der Waals surface area contributed by atoms with Crippen molar-refractivity contribution >= 4 is 5.91 Å². The van der Waals surface area contributed by atoms with E-state index in [9.17, 15) is 4.79 Å². The summed E-state index contributed by atoms with van der Waals surface area (Å²) in [6, 6.07) is 3.51. The van der Waals surface area contributed by atoms with Gasteiger partial charge in [0.1, 0.15) is 11.8 Å². The number of rotatable bonds is 7. The molecule has 2 rings (SSSR count). The Balaban J connectivity index is 1.90. The summed E-state index contributed by atoms with van der Waals surface area (Å²) in [5.41, 5.74) is 0. The lowest BCUT2D eigenvalue weighted by molar-refractivity contribution is -0.127. The first kappa shape index (κ1) is 16.0. The second-order valence-electron chi connectivity index (χ2n) is 6.03. The summed E-state index contributed by atoms with van der Waals surface area (Å²) < 4.78 is 11.1. The Kier molecular flexibility index (Phi) is 6.26. The minimum Gasteiger partial charge on any atom is -0.467 e. The van der Waals surface area contributed by atoms with E-state index in [-0.39, 0.29) is 17.9 Å². The number of nitrogens with one attached hydrogen (secondary N) is 2. The predicted molar refractivity (Wildman–Crippen MR) is 80.8 cm³/mol. The fraction of sp³-hybridized carbons (Fsp3) is 0.688. The van der Waals surface area contributed by atoms with Crippen LogP contribution in [0.4, 0.5) is 0 Å². The zero-order valence-electron chi connectivity index (χ0n) is 12.9. The van der Waals surface area contributed by atoms with Gasteiger partial charge in [0.05, 0.1) is 12.9 Å². The normalized spacial score (nSPS) is 17.9. The van der Waals surface area contributed by atoms with Crippen LogP contribution in [0.5, 0.6) is 0 Å². The van der Waals surface area contributed by atoms with Crippen LogP contribution in [-0.2, 0) is 9.53 Å². The third kappa shape index (κ3) is 5.17. The molecule has 1 saturated heterocycles. The van der Waals surface area contributed by atoms with Crippen molar-refractivity contribution in [3.05, 3.63) is 24.2 Å². The third-order valence-corrected chi connectivity index (χ3v) is 3.65. The average Bonchev–Trinajstić information content (AvgIpc) is 3.01. The summed E-state index contributed by atoms with van der Waals surface area (Å²) in [6.45, 7) is 7.16. The zero-order valence-corrected chi connectivity index (χ0v) is 12.9. The number of amides is 1. The number of furan rings is 1. The summed E-state index contributed by atoms with van der Waals surface area (Å²) in [7, 11) is 0. The van der Waals surface area contributed by atoms with Gasteiger partial charge in [0.15, 0.2) is 0 Å². The molecule has 1 fully saturated rings. The van der Waals surface area contributed by atoms with E-state index in [1.54, 1.807) is 6.26 Å². The molecule has 118 valence electrons. The molecule has 0 radical (unpaired) electrons. The van der Waals surface area contributed by atoms with E-state index >= 15 is 0 Å². The summed E-state index contributed by atoms with van der Waals surface area (Å²) >= 11 is 0. The molecular weight excluding hydrogens is 268 g/mol. The van der Waals surface area contributed by atoms with E-state index < -0.39 is 0 Å². The highest BCUT2D eigenvalue weighted by Crippen LogP contribution is 2.18. The number of ether oxygens (including phenoxy) is 1. The lowest BCUT2D eigenvalue weighted by Gasteiger charge is -2.25. The minimum atomic E-state index is -0.207. The maximum absolute atomic E-state index is 12.4. The summed E-state index contributed by atoms with van der Waals surface area (Å²) in [5.74, 6) is 1.42. The molecule has 1 aromatic heterocycles. The van der Waals surface area contributed by atoms with Crippen LogP contribution in [0.25, 0.3) is 0 Å². The van der Waals surface area contributed by atoms with Crippen LogP contribution in [0.3, 0.4) is 0 Å². The molecule has 2 heterocycles. The summed E-state index contributed by atoms with van der Waals surface area (Å²) in [4.78, 5) is 12.4. The first-order chi connectivity index (χ1) is 10.2. The number of piperidine rings is 1. The fourth-order valence-corrected chi connectivity index (χ4v) is 2.48. The van der Waals surface area contributed by atoms with E-state index in [1.165, 1.54) is 0 Å². The van der Waals surface area contributed by atoms with Gasteiger partial charge < -0.3 is 19.8 Å². The van der Waals surface area contributed by atoms with Crippen molar-refractivity contribution < 1.29 is 13.9 Å². The van der Waals surface area contributed by atoms with Crippen molar-refractivity contribution in [2.75, 3.05) is 26.3 Å². The van der Waals surface area contributed by atoms with Crippen LogP contribution in [0.15, 0.2) is 22.8 Å². The predicted octanol–water partition coefficient (Wildman–Crippen LogP) is 2.11. The molecular formula is C16H26N2O3. The molecule has 1 atom stereocenters. The van der Waals surface area contributed by atoms with Gasteiger partial charge in [0.25, 0.3) is 0 Å². The molecule has 0 saturated carbocycles. The Hall–Kier alpha value is -1.33. The largest absolute Gasteiger partial charge is 0.467 e. The van der Waals surface area contributed by atoms with Gasteiger partial charge >= 0.3 is 0 Å². The standard InChI is InChI=1S/C16H26N2O3/c1-12(2)10-20-11-14(15-4-3-9-21-15)18-16(19)13-5-7-17-8-6-13/h3-4,9,12-14,17H,5-8,10-11H2,1-2H3,(H,18,19). The van der Waals surface area contributed by atoms with Gasteiger partial charge in [-0.25, -0.2) is 0 Å². The maximum atomic E-state index is 12.4. The second-order valence-corrected chi connectivity index (χ2v) is 6.03. The van der Waals surface area contributed by atoms with Crippen molar-refractivity contribution in [2.45, 2.75) is 32.7 Å². The highest BCUT2D eigenvalue weighted by Gasteiger charge is 2.25. The molecule has 0 bridgehead atoms. The zero-order chi connectivity index (χ0) is 15.1. The van der Waals surface area contributed by atoms with Crippen LogP contribution in [-0.4, -0.2) is 32.2 Å². The van der Waals surface area contributed by atoms with Gasteiger partial charge in [-0.3, -0.25) is 4.79 Å². The van der Waals surface area contributed by atoms with Crippen LogP contribution in [0.2, 0.25) is 0 Å². The van der Waals surface area contributed by atoms with Crippen molar-refractivity contribution in [1.29, 1.82) is 0 Å². The highest BCUT2D eigenvalue weighted by molar-refractivity contribution is 5.79. The molecule has 1 aliphatic rings. The average molecular weight is 294 g/mol. The Morgan fingerprint density at radius 3 is 2.81 bits per heavy atom. The molecule has 1 amide bonds. The van der Waals surface area contributed by atoms with E-state index in [2.05, 4.69) is 24.5 Å². The Bertz CT molecular complexity index is 411. The van der Waals surface area contributed by atoms with Crippen molar-refractivity contribution in [3.8, 4) is 0 Å². The molecule has 5 heteroatoms. The maximum Gasteiger partial charge on any atom is 0.223 e. The minimum absolute atomic E-state index is 0.0915. The summed E-state index contributed by atoms with van der Waals surface area (Å²) in [5, 5.41) is 6.35. The topological polar surface area (TPSA) is 63.5 Å². The Morgan fingerprint density at radius 2 is 2.19 bits per heavy atom. The molecule has 1 aromatic rings. The quantitative estimate of drug-likeness (QED) is 0.808. The van der Waals surface area contributed by atoms with Crippen LogP contribution < -0.4 is 10.6 Å². The van der Waals surface area contributed by atoms with Crippen LogP contribution in [0.1, 0.15) is 38.5 Å². The number of hydrogen-bond donors (Lipinski definition) is 2. The fourth-order valence-electron chi connectivity index (χ4n) is 2.48. The number of carbonyl (C=O) groups excluding carboxylic acids is 1. The van der Waals surface area contributed by atoms with E-state index in [4.69, 9.17) is 9.15 Å². The first-order valence-corrected chi connectivity index (χ1v) is 7.79. The molecule has 0 aromatic carbocycles. The van der Waals surface area contributed by atoms with Gasteiger partial charge in [-0.1, -0.05) is 13.8 Å².